The van der Waals surface area contributed by atoms with Crippen molar-refractivity contribution in [3.8, 4) is 0 Å². The Morgan fingerprint density at radius 2 is 2.05 bits per heavy atom. The van der Waals surface area contributed by atoms with Crippen LogP contribution in [0.4, 0.5) is 0 Å². The Kier molecular flexibility index (Phi) is 2.46. The molecular weight excluding hydrogens is 248 g/mol. The van der Waals surface area contributed by atoms with Crippen LogP contribution in [0, 0.1) is 6.92 Å². The fraction of sp³-hybridized carbons (Fsp3) is 0.176. The van der Waals surface area contributed by atoms with E-state index in [1.165, 1.54) is 22.4 Å². The van der Waals surface area contributed by atoms with Crippen molar-refractivity contribution in [2.75, 3.05) is 0 Å². The number of aryl methyl sites for hydroxylation is 2. The summed E-state index contributed by atoms with van der Waals surface area (Å²) in [5.41, 5.74) is 5.86. The highest BCUT2D eigenvalue weighted by Gasteiger charge is 2.28. The quantitative estimate of drug-likeness (QED) is 0.631. The summed E-state index contributed by atoms with van der Waals surface area (Å²) in [7, 11) is 0. The number of rotatable bonds is 1. The third-order valence-electron chi connectivity index (χ3n) is 3.74. The minimum absolute atomic E-state index is 0.877. The molecule has 1 aliphatic carbocycles. The number of fused-ring (bicyclic) bond motifs is 3. The lowest BCUT2D eigenvalue weighted by atomic mass is 10.1. The van der Waals surface area contributed by atoms with Gasteiger partial charge >= 0.3 is 5.65 Å². The van der Waals surface area contributed by atoms with Gasteiger partial charge in [-0.2, -0.15) is 0 Å². The third kappa shape index (κ3) is 1.74. The van der Waals surface area contributed by atoms with Crippen molar-refractivity contribution in [3.63, 3.8) is 0 Å². The minimum atomic E-state index is 0.877. The van der Waals surface area contributed by atoms with Crippen molar-refractivity contribution in [1.82, 2.24) is 4.98 Å². The van der Waals surface area contributed by atoms with Gasteiger partial charge in [0, 0.05) is 11.1 Å². The molecule has 3 heteroatoms. The van der Waals surface area contributed by atoms with E-state index in [0.29, 0.717) is 0 Å². The Balaban J connectivity index is 1.92. The molecule has 98 valence electrons. The van der Waals surface area contributed by atoms with E-state index in [-0.39, 0.29) is 0 Å². The summed E-state index contributed by atoms with van der Waals surface area (Å²) in [6, 6.07) is 12.4. The Hall–Kier alpha value is -2.42. The molecule has 4 rings (SSSR count). The van der Waals surface area contributed by atoms with E-state index in [2.05, 4.69) is 35.3 Å². The van der Waals surface area contributed by atoms with E-state index >= 15 is 0 Å². The maximum absolute atomic E-state index is 5.79. The fourth-order valence-electron chi connectivity index (χ4n) is 2.84. The molecule has 0 fully saturated rings. The number of aromatic nitrogens is 2. The highest BCUT2D eigenvalue weighted by Crippen LogP contribution is 2.31. The van der Waals surface area contributed by atoms with Gasteiger partial charge in [0.15, 0.2) is 11.5 Å². The molecule has 2 aromatic heterocycles. The molecule has 3 aromatic rings. The largest absolute Gasteiger partial charge is 0.366 e. The topological polar surface area (TPSA) is 30.1 Å². The molecule has 2 heterocycles. The normalized spacial score (nSPS) is 15.9. The SMILES string of the molecule is Cc1cc2ncc3c([n+]2o1)/C(=C\c1ccccc1)CC3. The van der Waals surface area contributed by atoms with Crippen LogP contribution in [-0.4, -0.2) is 4.98 Å². The Morgan fingerprint density at radius 1 is 1.20 bits per heavy atom. The Morgan fingerprint density at radius 3 is 2.90 bits per heavy atom. The summed E-state index contributed by atoms with van der Waals surface area (Å²) in [6.45, 7) is 1.95. The molecule has 20 heavy (non-hydrogen) atoms. The van der Waals surface area contributed by atoms with Crippen LogP contribution in [0.15, 0.2) is 47.1 Å². The zero-order valence-electron chi connectivity index (χ0n) is 11.3. The molecule has 0 spiro atoms. The zero-order valence-corrected chi connectivity index (χ0v) is 11.3. The van der Waals surface area contributed by atoms with Crippen molar-refractivity contribution in [1.29, 1.82) is 0 Å². The lowest BCUT2D eigenvalue weighted by molar-refractivity contribution is -0.721. The van der Waals surface area contributed by atoms with E-state index < -0.39 is 0 Å². The number of hydrogen-bond donors (Lipinski definition) is 0. The summed E-state index contributed by atoms with van der Waals surface area (Å²) >= 11 is 0. The number of allylic oxidation sites excluding steroid dienone is 1. The lowest BCUT2D eigenvalue weighted by Gasteiger charge is -1.98. The number of benzene rings is 1. The molecule has 0 saturated carbocycles. The molecule has 1 aromatic carbocycles. The van der Waals surface area contributed by atoms with Gasteiger partial charge in [-0.3, -0.25) is 0 Å². The van der Waals surface area contributed by atoms with Gasteiger partial charge in [-0.05, 0) is 41.0 Å². The smallest absolute Gasteiger partial charge is 0.300 e. The average Bonchev–Trinajstić information content (AvgIpc) is 3.02. The molecule has 3 nitrogen and oxygen atoms in total. The molecule has 0 radical (unpaired) electrons. The summed E-state index contributed by atoms with van der Waals surface area (Å²) in [5, 5.41) is 0. The van der Waals surface area contributed by atoms with Crippen LogP contribution in [-0.2, 0) is 6.42 Å². The lowest BCUT2D eigenvalue weighted by Crippen LogP contribution is -2.25. The minimum Gasteiger partial charge on any atom is -0.300 e. The predicted molar refractivity (Wildman–Crippen MR) is 77.0 cm³/mol. The standard InChI is InChI=1S/C17H15N2O/c1-12-9-16-18-11-15-8-7-14(17(15)19(16)20-12)10-13-5-3-2-4-6-13/h2-6,9-11H,7-8H2,1H3/q+1/b14-10-. The molecule has 0 bridgehead atoms. The second-order valence-corrected chi connectivity index (χ2v) is 5.21. The first kappa shape index (κ1) is 11.4. The van der Waals surface area contributed by atoms with Gasteiger partial charge in [0.05, 0.1) is 6.07 Å². The summed E-state index contributed by atoms with van der Waals surface area (Å²) in [4.78, 5) is 4.46. The Labute approximate surface area is 117 Å². The van der Waals surface area contributed by atoms with Crippen LogP contribution in [0.2, 0.25) is 0 Å². The van der Waals surface area contributed by atoms with Gasteiger partial charge in [-0.1, -0.05) is 30.3 Å². The highest BCUT2D eigenvalue weighted by molar-refractivity contribution is 5.82. The predicted octanol–water partition coefficient (Wildman–Crippen LogP) is 3.21. The molecule has 1 aliphatic rings. The van der Waals surface area contributed by atoms with Gasteiger partial charge in [-0.15, -0.1) is 0 Å². The monoisotopic (exact) mass is 263 g/mol. The summed E-state index contributed by atoms with van der Waals surface area (Å²) in [5.74, 6) is 0.886. The number of nitrogens with zero attached hydrogens (tertiary/aromatic N) is 2. The van der Waals surface area contributed by atoms with Gasteiger partial charge in [0.2, 0.25) is 0 Å². The van der Waals surface area contributed by atoms with Crippen molar-refractivity contribution < 1.29 is 9.10 Å². The van der Waals surface area contributed by atoms with Gasteiger partial charge in [-0.25, -0.2) is 0 Å². The fourth-order valence-corrected chi connectivity index (χ4v) is 2.84. The molecule has 0 N–H and O–H groups in total. The van der Waals surface area contributed by atoms with E-state index in [1.54, 1.807) is 0 Å². The van der Waals surface area contributed by atoms with E-state index in [9.17, 15) is 0 Å². The molecule has 0 aliphatic heterocycles. The first-order chi connectivity index (χ1) is 9.81. The van der Waals surface area contributed by atoms with Crippen molar-refractivity contribution in [3.05, 3.63) is 65.2 Å². The number of hydrogen-bond acceptors (Lipinski definition) is 2. The van der Waals surface area contributed by atoms with Gasteiger partial charge in [0.1, 0.15) is 6.20 Å². The Bertz CT molecular complexity index is 816. The van der Waals surface area contributed by atoms with Gasteiger partial charge in [0.25, 0.3) is 0 Å². The summed E-state index contributed by atoms with van der Waals surface area (Å²) < 4.78 is 7.66. The third-order valence-corrected chi connectivity index (χ3v) is 3.74. The van der Waals surface area contributed by atoms with Crippen molar-refractivity contribution in [2.24, 2.45) is 0 Å². The maximum Gasteiger partial charge on any atom is 0.366 e. The maximum atomic E-state index is 5.79. The molecule has 0 unspecified atom stereocenters. The molecule has 0 saturated heterocycles. The highest BCUT2D eigenvalue weighted by atomic mass is 16.5. The second-order valence-electron chi connectivity index (χ2n) is 5.21. The van der Waals surface area contributed by atoms with E-state index in [1.807, 2.05) is 29.8 Å². The van der Waals surface area contributed by atoms with Crippen molar-refractivity contribution >= 4 is 17.3 Å². The van der Waals surface area contributed by atoms with Crippen LogP contribution >= 0.6 is 0 Å². The van der Waals surface area contributed by atoms with Crippen molar-refractivity contribution in [2.45, 2.75) is 19.8 Å². The first-order valence-corrected chi connectivity index (χ1v) is 6.88. The molecule has 0 atom stereocenters. The van der Waals surface area contributed by atoms with Crippen LogP contribution in [0.1, 0.15) is 29.0 Å². The van der Waals surface area contributed by atoms with Crippen LogP contribution < -0.4 is 4.57 Å². The van der Waals surface area contributed by atoms with Crippen LogP contribution in [0.5, 0.6) is 0 Å². The van der Waals surface area contributed by atoms with Gasteiger partial charge < -0.3 is 4.52 Å². The molecule has 0 amide bonds. The second kappa shape index (κ2) is 4.30. The van der Waals surface area contributed by atoms with E-state index in [0.717, 1.165) is 24.2 Å². The first-order valence-electron chi connectivity index (χ1n) is 6.88. The van der Waals surface area contributed by atoms with Crippen LogP contribution in [0.3, 0.4) is 0 Å². The average molecular weight is 263 g/mol. The molecular formula is C17H15N2O+. The van der Waals surface area contributed by atoms with E-state index in [4.69, 9.17) is 4.52 Å². The van der Waals surface area contributed by atoms with Crippen LogP contribution in [0.25, 0.3) is 17.3 Å². The zero-order chi connectivity index (χ0) is 13.5. The summed E-state index contributed by atoms with van der Waals surface area (Å²) in [6.07, 6.45) is 6.29.